The number of aromatic nitrogens is 1. The first-order valence-electron chi connectivity index (χ1n) is 7.20. The minimum Gasteiger partial charge on any atom is -0.355 e. The van der Waals surface area contributed by atoms with Crippen molar-refractivity contribution in [2.45, 2.75) is 31.9 Å². The van der Waals surface area contributed by atoms with Crippen LogP contribution in [0.1, 0.15) is 30.0 Å². The predicted octanol–water partition coefficient (Wildman–Crippen LogP) is 2.19. The molecule has 0 unspecified atom stereocenters. The molecule has 0 aromatic carbocycles. The molecule has 20 heavy (non-hydrogen) atoms. The van der Waals surface area contributed by atoms with Crippen molar-refractivity contribution in [3.8, 4) is 0 Å². The fourth-order valence-electron chi connectivity index (χ4n) is 2.36. The molecular formula is C14H23N3OS2. The van der Waals surface area contributed by atoms with E-state index >= 15 is 0 Å². The fraction of sp³-hybridized carbons (Fsp3) is 0.714. The third-order valence-electron chi connectivity index (χ3n) is 3.42. The highest BCUT2D eigenvalue weighted by Crippen LogP contribution is 2.15. The number of nitrogens with one attached hydrogen (secondary N) is 2. The van der Waals surface area contributed by atoms with E-state index in [4.69, 9.17) is 0 Å². The standard InChI is InChI=1S/C14H23N3OS2/c1-11-17-13(9-20-11)8-19-10-14(18)16-6-4-12-3-2-5-15-7-12/h9,12,15H,2-8,10H2,1H3,(H,16,18)/t12-/m0/s1. The van der Waals surface area contributed by atoms with Crippen LogP contribution in [-0.4, -0.2) is 36.3 Å². The van der Waals surface area contributed by atoms with Gasteiger partial charge >= 0.3 is 0 Å². The van der Waals surface area contributed by atoms with Crippen molar-refractivity contribution in [1.29, 1.82) is 0 Å². The number of hydrogen-bond acceptors (Lipinski definition) is 5. The van der Waals surface area contributed by atoms with Gasteiger partial charge in [-0.15, -0.1) is 23.1 Å². The van der Waals surface area contributed by atoms with Crippen LogP contribution in [-0.2, 0) is 10.5 Å². The number of rotatable bonds is 7. The van der Waals surface area contributed by atoms with E-state index in [1.165, 1.54) is 12.8 Å². The Morgan fingerprint density at radius 1 is 1.65 bits per heavy atom. The summed E-state index contributed by atoms with van der Waals surface area (Å²) in [5.74, 6) is 2.23. The van der Waals surface area contributed by atoms with E-state index < -0.39 is 0 Å². The Morgan fingerprint density at radius 3 is 3.25 bits per heavy atom. The smallest absolute Gasteiger partial charge is 0.230 e. The van der Waals surface area contributed by atoms with Gasteiger partial charge in [-0.2, -0.15) is 0 Å². The molecule has 1 aliphatic heterocycles. The third-order valence-corrected chi connectivity index (χ3v) is 5.21. The summed E-state index contributed by atoms with van der Waals surface area (Å²) in [5.41, 5.74) is 1.08. The summed E-state index contributed by atoms with van der Waals surface area (Å²) in [6.45, 7) is 5.07. The number of hydrogen-bond donors (Lipinski definition) is 2. The monoisotopic (exact) mass is 313 g/mol. The van der Waals surface area contributed by atoms with E-state index in [1.54, 1.807) is 23.1 Å². The van der Waals surface area contributed by atoms with Gasteiger partial charge in [-0.1, -0.05) is 0 Å². The minimum atomic E-state index is 0.144. The van der Waals surface area contributed by atoms with Gasteiger partial charge in [-0.05, 0) is 45.2 Å². The molecule has 112 valence electrons. The summed E-state index contributed by atoms with van der Waals surface area (Å²) >= 11 is 3.30. The van der Waals surface area contributed by atoms with Crippen molar-refractivity contribution in [3.05, 3.63) is 16.1 Å². The lowest BCUT2D eigenvalue weighted by molar-refractivity contribution is -0.118. The normalized spacial score (nSPS) is 18.9. The molecule has 0 aliphatic carbocycles. The molecule has 1 saturated heterocycles. The van der Waals surface area contributed by atoms with E-state index in [0.717, 1.165) is 48.4 Å². The number of nitrogens with zero attached hydrogens (tertiary/aromatic N) is 1. The Hall–Kier alpha value is -0.590. The molecule has 1 amide bonds. The zero-order valence-electron chi connectivity index (χ0n) is 12.0. The van der Waals surface area contributed by atoms with E-state index in [1.807, 2.05) is 6.92 Å². The van der Waals surface area contributed by atoms with Crippen molar-refractivity contribution >= 4 is 29.0 Å². The largest absolute Gasteiger partial charge is 0.355 e. The molecule has 4 nitrogen and oxygen atoms in total. The molecule has 0 spiro atoms. The Labute approximate surface area is 129 Å². The second-order valence-corrected chi connectivity index (χ2v) is 7.25. The Kier molecular flexibility index (Phi) is 6.82. The SMILES string of the molecule is Cc1nc(CSCC(=O)NCC[C@@H]2CCCNC2)cs1. The number of carbonyl (C=O) groups excluding carboxylic acids is 1. The van der Waals surface area contributed by atoms with E-state index in [-0.39, 0.29) is 5.91 Å². The first kappa shape index (κ1) is 15.8. The highest BCUT2D eigenvalue weighted by Gasteiger charge is 2.12. The van der Waals surface area contributed by atoms with Crippen LogP contribution in [0.5, 0.6) is 0 Å². The van der Waals surface area contributed by atoms with Gasteiger partial charge in [-0.25, -0.2) is 4.98 Å². The molecule has 0 bridgehead atoms. The summed E-state index contributed by atoms with van der Waals surface area (Å²) < 4.78 is 0. The topological polar surface area (TPSA) is 54.0 Å². The molecule has 1 atom stereocenters. The first-order valence-corrected chi connectivity index (χ1v) is 9.23. The van der Waals surface area contributed by atoms with Gasteiger partial charge in [-0.3, -0.25) is 4.79 Å². The van der Waals surface area contributed by atoms with Crippen molar-refractivity contribution in [1.82, 2.24) is 15.6 Å². The fourth-order valence-corrected chi connectivity index (χ4v) is 3.82. The maximum Gasteiger partial charge on any atom is 0.230 e. The van der Waals surface area contributed by atoms with Crippen LogP contribution < -0.4 is 10.6 Å². The third kappa shape index (κ3) is 5.81. The highest BCUT2D eigenvalue weighted by atomic mass is 32.2. The summed E-state index contributed by atoms with van der Waals surface area (Å²) in [6.07, 6.45) is 3.65. The number of thiazole rings is 1. The van der Waals surface area contributed by atoms with Gasteiger partial charge in [0.05, 0.1) is 16.5 Å². The highest BCUT2D eigenvalue weighted by molar-refractivity contribution is 7.99. The molecule has 6 heteroatoms. The Bertz CT molecular complexity index is 416. The van der Waals surface area contributed by atoms with Crippen LogP contribution in [0.25, 0.3) is 0 Å². The Morgan fingerprint density at radius 2 is 2.55 bits per heavy atom. The van der Waals surface area contributed by atoms with E-state index in [9.17, 15) is 4.79 Å². The minimum absolute atomic E-state index is 0.144. The molecule has 1 fully saturated rings. The lowest BCUT2D eigenvalue weighted by Crippen LogP contribution is -2.33. The summed E-state index contributed by atoms with van der Waals surface area (Å²) in [5, 5.41) is 9.58. The molecule has 0 saturated carbocycles. The zero-order chi connectivity index (χ0) is 14.2. The predicted molar refractivity (Wildman–Crippen MR) is 86.2 cm³/mol. The molecular weight excluding hydrogens is 290 g/mol. The maximum absolute atomic E-state index is 11.7. The summed E-state index contributed by atoms with van der Waals surface area (Å²) in [4.78, 5) is 16.1. The van der Waals surface area contributed by atoms with Crippen molar-refractivity contribution in [2.24, 2.45) is 5.92 Å². The lowest BCUT2D eigenvalue weighted by Gasteiger charge is -2.22. The van der Waals surface area contributed by atoms with Crippen LogP contribution in [0, 0.1) is 12.8 Å². The Balaban J connectivity index is 1.51. The van der Waals surface area contributed by atoms with Crippen LogP contribution >= 0.6 is 23.1 Å². The zero-order valence-corrected chi connectivity index (χ0v) is 13.6. The second kappa shape index (κ2) is 8.64. The van der Waals surface area contributed by atoms with Crippen molar-refractivity contribution in [3.63, 3.8) is 0 Å². The lowest BCUT2D eigenvalue weighted by atomic mass is 9.96. The van der Waals surface area contributed by atoms with Crippen LogP contribution in [0.4, 0.5) is 0 Å². The van der Waals surface area contributed by atoms with Crippen molar-refractivity contribution < 1.29 is 4.79 Å². The number of aryl methyl sites for hydroxylation is 1. The number of piperidine rings is 1. The first-order chi connectivity index (χ1) is 9.74. The van der Waals surface area contributed by atoms with Crippen LogP contribution in [0.2, 0.25) is 0 Å². The number of carbonyl (C=O) groups is 1. The van der Waals surface area contributed by atoms with Crippen molar-refractivity contribution in [2.75, 3.05) is 25.4 Å². The molecule has 1 aromatic rings. The van der Waals surface area contributed by atoms with E-state index in [2.05, 4.69) is 21.0 Å². The molecule has 2 heterocycles. The van der Waals surface area contributed by atoms with Gasteiger partial charge in [0.1, 0.15) is 0 Å². The number of thioether (sulfide) groups is 1. The van der Waals surface area contributed by atoms with Crippen LogP contribution in [0.15, 0.2) is 5.38 Å². The van der Waals surface area contributed by atoms with Gasteiger partial charge < -0.3 is 10.6 Å². The average Bonchev–Trinajstić information content (AvgIpc) is 2.86. The van der Waals surface area contributed by atoms with E-state index in [0.29, 0.717) is 5.75 Å². The number of amides is 1. The van der Waals surface area contributed by atoms with Gasteiger partial charge in [0.2, 0.25) is 5.91 Å². The molecule has 1 aliphatic rings. The molecule has 1 aromatic heterocycles. The summed E-state index contributed by atoms with van der Waals surface area (Å²) in [6, 6.07) is 0. The molecule has 2 rings (SSSR count). The summed E-state index contributed by atoms with van der Waals surface area (Å²) in [7, 11) is 0. The quantitative estimate of drug-likeness (QED) is 0.810. The van der Waals surface area contributed by atoms with Gasteiger partial charge in [0, 0.05) is 17.7 Å². The molecule has 2 N–H and O–H groups in total. The average molecular weight is 313 g/mol. The van der Waals surface area contributed by atoms with Crippen LogP contribution in [0.3, 0.4) is 0 Å². The van der Waals surface area contributed by atoms with Gasteiger partial charge in [0.15, 0.2) is 0 Å². The van der Waals surface area contributed by atoms with Gasteiger partial charge in [0.25, 0.3) is 0 Å². The molecule has 0 radical (unpaired) electrons. The second-order valence-electron chi connectivity index (χ2n) is 5.20. The maximum atomic E-state index is 11.7.